The van der Waals surface area contributed by atoms with E-state index < -0.39 is 0 Å². The number of carbonyl (C=O) groups excluding carboxylic acids is 1. The molecule has 1 heterocycles. The van der Waals surface area contributed by atoms with E-state index in [0.717, 1.165) is 25.8 Å². The zero-order valence-electron chi connectivity index (χ0n) is 10.4. The van der Waals surface area contributed by atoms with E-state index >= 15 is 0 Å². The zero-order chi connectivity index (χ0) is 11.5. The van der Waals surface area contributed by atoms with Crippen molar-refractivity contribution in [2.24, 2.45) is 10.9 Å². The van der Waals surface area contributed by atoms with Gasteiger partial charge in [-0.2, -0.15) is 0 Å². The van der Waals surface area contributed by atoms with Gasteiger partial charge in [0.15, 0.2) is 0 Å². The van der Waals surface area contributed by atoms with Crippen LogP contribution in [0.3, 0.4) is 0 Å². The van der Waals surface area contributed by atoms with Crippen LogP contribution < -0.4 is 0 Å². The summed E-state index contributed by atoms with van der Waals surface area (Å²) in [7, 11) is 0. The zero-order valence-corrected chi connectivity index (χ0v) is 10.4. The molecule has 0 saturated heterocycles. The van der Waals surface area contributed by atoms with Crippen molar-refractivity contribution < 1.29 is 4.79 Å². The molecule has 16 heavy (non-hydrogen) atoms. The molecule has 2 heteroatoms. The van der Waals surface area contributed by atoms with Gasteiger partial charge in [0, 0.05) is 12.5 Å². The van der Waals surface area contributed by atoms with Crippen molar-refractivity contribution in [3.63, 3.8) is 0 Å². The summed E-state index contributed by atoms with van der Waals surface area (Å²) < 4.78 is 0. The largest absolute Gasteiger partial charge is 0.303 e. The van der Waals surface area contributed by atoms with Crippen molar-refractivity contribution in [2.45, 2.75) is 64.2 Å². The molecule has 92 valence electrons. The highest BCUT2D eigenvalue weighted by atomic mass is 16.1. The van der Waals surface area contributed by atoms with Crippen molar-refractivity contribution in [1.82, 2.24) is 0 Å². The molecule has 0 aromatic heterocycles. The van der Waals surface area contributed by atoms with E-state index in [4.69, 9.17) is 0 Å². The molecule has 0 N–H and O–H groups in total. The van der Waals surface area contributed by atoms with Crippen LogP contribution in [0, 0.1) is 5.92 Å². The van der Waals surface area contributed by atoms with Crippen LogP contribution in [0.2, 0.25) is 0 Å². The van der Waals surface area contributed by atoms with E-state index in [1.807, 2.05) is 0 Å². The second kappa shape index (κ2) is 9.56. The molecule has 1 rings (SSSR count). The Morgan fingerprint density at radius 3 is 2.38 bits per heavy atom. The summed E-state index contributed by atoms with van der Waals surface area (Å²) in [6.07, 6.45) is 15.3. The van der Waals surface area contributed by atoms with E-state index in [1.54, 1.807) is 0 Å². The minimum Gasteiger partial charge on any atom is -0.303 e. The Labute approximate surface area is 99.5 Å². The van der Waals surface area contributed by atoms with Gasteiger partial charge in [0.2, 0.25) is 0 Å². The third kappa shape index (κ3) is 6.76. The monoisotopic (exact) mass is 223 g/mol. The van der Waals surface area contributed by atoms with E-state index in [-0.39, 0.29) is 0 Å². The number of rotatable bonds is 1. The van der Waals surface area contributed by atoms with Crippen LogP contribution in [-0.2, 0) is 4.79 Å². The smallest absolute Gasteiger partial charge is 0.123 e. The van der Waals surface area contributed by atoms with Gasteiger partial charge in [0.05, 0.1) is 0 Å². The van der Waals surface area contributed by atoms with Crippen molar-refractivity contribution in [3.8, 4) is 0 Å². The number of hydrogen-bond donors (Lipinski definition) is 0. The van der Waals surface area contributed by atoms with Crippen LogP contribution in [0.15, 0.2) is 4.99 Å². The summed E-state index contributed by atoms with van der Waals surface area (Å²) in [6.45, 7) is 0.978. The van der Waals surface area contributed by atoms with E-state index in [9.17, 15) is 4.79 Å². The van der Waals surface area contributed by atoms with E-state index in [0.29, 0.717) is 5.92 Å². The highest BCUT2D eigenvalue weighted by molar-refractivity contribution is 5.56. The molecule has 0 aromatic carbocycles. The van der Waals surface area contributed by atoms with E-state index in [2.05, 4.69) is 11.2 Å². The molecular weight excluding hydrogens is 198 g/mol. The minimum absolute atomic E-state index is 0.325. The lowest BCUT2D eigenvalue weighted by Gasteiger charge is -2.10. The highest BCUT2D eigenvalue weighted by Crippen LogP contribution is 2.16. The molecule has 0 aromatic rings. The first-order valence-corrected chi connectivity index (χ1v) is 6.87. The minimum atomic E-state index is 0.325. The van der Waals surface area contributed by atoms with Gasteiger partial charge in [0.1, 0.15) is 6.29 Å². The van der Waals surface area contributed by atoms with Crippen LogP contribution in [0.1, 0.15) is 64.2 Å². The average molecular weight is 223 g/mol. The molecule has 0 amide bonds. The summed E-state index contributed by atoms with van der Waals surface area (Å²) in [4.78, 5) is 15.3. The molecule has 2 nitrogen and oxygen atoms in total. The summed E-state index contributed by atoms with van der Waals surface area (Å²) >= 11 is 0. The molecular formula is C14H25NO. The van der Waals surface area contributed by atoms with Gasteiger partial charge in [-0.25, -0.2) is 0 Å². The second-order valence-corrected chi connectivity index (χ2v) is 4.83. The Bertz CT molecular complexity index is 201. The second-order valence-electron chi connectivity index (χ2n) is 4.83. The lowest BCUT2D eigenvalue weighted by molar-refractivity contribution is -0.111. The summed E-state index contributed by atoms with van der Waals surface area (Å²) in [6, 6.07) is 0. The molecule has 0 radical (unpaired) electrons. The lowest BCUT2D eigenvalue weighted by Crippen LogP contribution is -2.02. The maximum atomic E-state index is 10.9. The fourth-order valence-corrected chi connectivity index (χ4v) is 2.25. The first-order valence-electron chi connectivity index (χ1n) is 6.87. The molecule has 0 aliphatic carbocycles. The first-order chi connectivity index (χ1) is 7.93. The van der Waals surface area contributed by atoms with Gasteiger partial charge in [0.25, 0.3) is 0 Å². The van der Waals surface area contributed by atoms with Gasteiger partial charge < -0.3 is 4.79 Å². The van der Waals surface area contributed by atoms with Crippen LogP contribution in [0.5, 0.6) is 0 Å². The Morgan fingerprint density at radius 2 is 1.62 bits per heavy atom. The first kappa shape index (κ1) is 13.4. The van der Waals surface area contributed by atoms with Crippen LogP contribution in [-0.4, -0.2) is 19.0 Å². The van der Waals surface area contributed by atoms with E-state index in [1.165, 1.54) is 51.2 Å². The fraction of sp³-hybridized carbons (Fsp3) is 0.857. The number of aliphatic imine (C=N–C) groups is 1. The Kier molecular flexibility index (Phi) is 8.01. The predicted molar refractivity (Wildman–Crippen MR) is 69.1 cm³/mol. The summed E-state index contributed by atoms with van der Waals surface area (Å²) in [5.41, 5.74) is 0. The van der Waals surface area contributed by atoms with Crippen LogP contribution in [0.25, 0.3) is 0 Å². The van der Waals surface area contributed by atoms with Gasteiger partial charge >= 0.3 is 0 Å². The van der Waals surface area contributed by atoms with Crippen molar-refractivity contribution in [2.75, 3.05) is 6.54 Å². The fourth-order valence-electron chi connectivity index (χ4n) is 2.25. The Balaban J connectivity index is 2.25. The molecule has 1 unspecified atom stereocenters. The Morgan fingerprint density at radius 1 is 0.938 bits per heavy atom. The number of hydrogen-bond acceptors (Lipinski definition) is 2. The normalized spacial score (nSPS) is 27.9. The molecule has 0 saturated carbocycles. The molecule has 0 fully saturated rings. The lowest BCUT2D eigenvalue weighted by atomic mass is 9.96. The Hall–Kier alpha value is -0.660. The standard InChI is InChI=1S/C14H25NO/c16-13-14-9-5-2-1-3-7-11-15-12-8-4-6-10-14/h11,13-14H,1-10,12H2/b15-11-. The molecule has 1 aliphatic heterocycles. The quantitative estimate of drug-likeness (QED) is 0.622. The van der Waals surface area contributed by atoms with Crippen molar-refractivity contribution in [3.05, 3.63) is 0 Å². The molecule has 0 bridgehead atoms. The topological polar surface area (TPSA) is 29.4 Å². The van der Waals surface area contributed by atoms with Gasteiger partial charge in [-0.05, 0) is 38.3 Å². The van der Waals surface area contributed by atoms with Gasteiger partial charge in [-0.3, -0.25) is 4.99 Å². The average Bonchev–Trinajstić information content (AvgIpc) is 2.32. The highest BCUT2D eigenvalue weighted by Gasteiger charge is 2.06. The van der Waals surface area contributed by atoms with Crippen LogP contribution >= 0.6 is 0 Å². The summed E-state index contributed by atoms with van der Waals surface area (Å²) in [5.74, 6) is 0.325. The van der Waals surface area contributed by atoms with Gasteiger partial charge in [-0.1, -0.05) is 32.1 Å². The molecule has 1 aliphatic rings. The maximum absolute atomic E-state index is 10.9. The number of carbonyl (C=O) groups is 1. The third-order valence-corrected chi connectivity index (χ3v) is 3.34. The van der Waals surface area contributed by atoms with Gasteiger partial charge in [-0.15, -0.1) is 0 Å². The number of nitrogens with zero attached hydrogens (tertiary/aromatic N) is 1. The molecule has 0 spiro atoms. The SMILES string of the molecule is O=CC1CCCCCC/C=N\CCCCC1. The number of aldehydes is 1. The van der Waals surface area contributed by atoms with Crippen molar-refractivity contribution in [1.29, 1.82) is 0 Å². The maximum Gasteiger partial charge on any atom is 0.123 e. The summed E-state index contributed by atoms with van der Waals surface area (Å²) in [5, 5.41) is 0. The third-order valence-electron chi connectivity index (χ3n) is 3.34. The molecule has 1 atom stereocenters. The predicted octanol–water partition coefficient (Wildman–Crippen LogP) is 3.79. The van der Waals surface area contributed by atoms with Crippen molar-refractivity contribution >= 4 is 12.5 Å². The van der Waals surface area contributed by atoms with Crippen LogP contribution in [0.4, 0.5) is 0 Å².